The molecule has 0 bridgehead atoms. The Balaban J connectivity index is 1.38. The molecule has 0 aliphatic heterocycles. The summed E-state index contributed by atoms with van der Waals surface area (Å²) in [5.41, 5.74) is 10.3. The quantitative estimate of drug-likeness (QED) is 0.206. The minimum absolute atomic E-state index is 1.09. The highest BCUT2D eigenvalue weighted by Gasteiger charge is 2.19. The van der Waals surface area contributed by atoms with Gasteiger partial charge in [0.05, 0.1) is 56.4 Å². The molecule has 4 nitrogen and oxygen atoms in total. The lowest BCUT2D eigenvalue weighted by Crippen LogP contribution is -2.03. The van der Waals surface area contributed by atoms with Gasteiger partial charge in [-0.25, -0.2) is 0 Å². The Morgan fingerprint density at radius 2 is 0.600 bits per heavy atom. The second-order valence-corrected chi connectivity index (χ2v) is 11.7. The van der Waals surface area contributed by atoms with Gasteiger partial charge in [-0.15, -0.1) is 0 Å². The van der Waals surface area contributed by atoms with Crippen LogP contribution in [0.4, 0.5) is 0 Å². The molecule has 0 radical (unpaired) electrons. The summed E-state index contributed by atoms with van der Waals surface area (Å²) in [7, 11) is 0. The van der Waals surface area contributed by atoms with Crippen LogP contribution in [-0.2, 0) is 0 Å². The summed E-state index contributed by atoms with van der Waals surface area (Å²) in [6, 6.07) is 52.6. The summed E-state index contributed by atoms with van der Waals surface area (Å²) in [5, 5.41) is 7.41. The zero-order valence-corrected chi connectivity index (χ0v) is 24.3. The maximum absolute atomic E-state index is 4.57. The molecule has 45 heavy (non-hydrogen) atoms. The van der Waals surface area contributed by atoms with E-state index in [9.17, 15) is 0 Å². The Labute approximate surface area is 258 Å². The first-order chi connectivity index (χ1) is 22.3. The second-order valence-electron chi connectivity index (χ2n) is 11.7. The van der Waals surface area contributed by atoms with Gasteiger partial charge in [-0.1, -0.05) is 91.0 Å². The van der Waals surface area contributed by atoms with E-state index in [1.54, 1.807) is 0 Å². The molecule has 0 unspecified atom stereocenters. The van der Waals surface area contributed by atoms with E-state index >= 15 is 0 Å². The number of para-hydroxylation sites is 5. The molecule has 0 saturated carbocycles. The topological polar surface area (TPSA) is 27.7 Å². The number of pyridine rings is 1. The molecule has 210 valence electrons. The van der Waals surface area contributed by atoms with E-state index in [2.05, 4.69) is 164 Å². The second kappa shape index (κ2) is 9.18. The maximum atomic E-state index is 4.57. The van der Waals surface area contributed by atoms with Crippen LogP contribution in [0.15, 0.2) is 158 Å². The lowest BCUT2D eigenvalue weighted by molar-refractivity contribution is 1.09. The lowest BCUT2D eigenvalue weighted by atomic mass is 10.2. The van der Waals surface area contributed by atoms with Gasteiger partial charge < -0.3 is 13.7 Å². The van der Waals surface area contributed by atoms with Gasteiger partial charge in [-0.2, -0.15) is 0 Å². The molecule has 10 rings (SSSR count). The summed E-state index contributed by atoms with van der Waals surface area (Å²) in [4.78, 5) is 4.57. The monoisotopic (exact) mass is 574 g/mol. The maximum Gasteiger partial charge on any atom is 0.0724 e. The first-order valence-electron chi connectivity index (χ1n) is 15.3. The van der Waals surface area contributed by atoms with Gasteiger partial charge >= 0.3 is 0 Å². The van der Waals surface area contributed by atoms with E-state index in [1.807, 2.05) is 12.4 Å². The van der Waals surface area contributed by atoms with Gasteiger partial charge in [0.1, 0.15) is 0 Å². The zero-order chi connectivity index (χ0) is 29.5. The molecule has 0 N–H and O–H groups in total. The number of aromatic nitrogens is 4. The number of rotatable bonds is 3. The van der Waals surface area contributed by atoms with Crippen LogP contribution < -0.4 is 0 Å². The first kappa shape index (κ1) is 24.3. The molecule has 0 amide bonds. The first-order valence-corrected chi connectivity index (χ1v) is 15.3. The van der Waals surface area contributed by atoms with E-state index < -0.39 is 0 Å². The highest BCUT2D eigenvalue weighted by atomic mass is 15.0. The Morgan fingerprint density at radius 3 is 0.956 bits per heavy atom. The van der Waals surface area contributed by atoms with E-state index in [1.165, 1.54) is 54.4 Å². The Bertz CT molecular complexity index is 2300. The normalized spacial score (nSPS) is 12.0. The average Bonchev–Trinajstić information content (AvgIpc) is 3.74. The van der Waals surface area contributed by atoms with Crippen molar-refractivity contribution >= 4 is 65.4 Å². The molecular weight excluding hydrogens is 548 g/mol. The highest BCUT2D eigenvalue weighted by molar-refractivity contribution is 6.11. The Hall–Kier alpha value is -6.13. The molecule has 0 aliphatic rings. The predicted molar refractivity (Wildman–Crippen MR) is 187 cm³/mol. The Morgan fingerprint density at radius 1 is 0.311 bits per heavy atom. The van der Waals surface area contributed by atoms with Gasteiger partial charge in [-0.05, 0) is 54.6 Å². The number of benzene rings is 6. The van der Waals surface area contributed by atoms with Crippen molar-refractivity contribution in [3.05, 3.63) is 158 Å². The lowest BCUT2D eigenvalue weighted by Gasteiger charge is -2.17. The smallest absolute Gasteiger partial charge is 0.0724 e. The molecule has 0 spiro atoms. The van der Waals surface area contributed by atoms with Gasteiger partial charge in [0.2, 0.25) is 0 Å². The zero-order valence-electron chi connectivity index (χ0n) is 24.3. The fourth-order valence-electron chi connectivity index (χ4n) is 7.46. The summed E-state index contributed by atoms with van der Waals surface area (Å²) in [6.45, 7) is 0. The van der Waals surface area contributed by atoms with Crippen LogP contribution in [0.25, 0.3) is 82.5 Å². The average molecular weight is 575 g/mol. The highest BCUT2D eigenvalue weighted by Crippen LogP contribution is 2.38. The molecule has 4 heterocycles. The molecule has 4 heteroatoms. The van der Waals surface area contributed by atoms with Crippen molar-refractivity contribution in [2.75, 3.05) is 0 Å². The van der Waals surface area contributed by atoms with Crippen molar-refractivity contribution in [2.45, 2.75) is 0 Å². The molecule has 10 aromatic rings. The Kier molecular flexibility index (Phi) is 4.96. The van der Waals surface area contributed by atoms with Crippen molar-refractivity contribution in [1.29, 1.82) is 0 Å². The molecule has 0 atom stereocenters. The van der Waals surface area contributed by atoms with Crippen LogP contribution in [0.3, 0.4) is 0 Å². The number of nitrogens with zero attached hydrogens (tertiary/aromatic N) is 4. The SMILES string of the molecule is c1ccc2c(c1)c1ccccc1n2-c1cc(-n2c3ccccc3c3ccccc32)cc(-n2c3ccccc3c3ccncc32)c1. The van der Waals surface area contributed by atoms with Crippen LogP contribution >= 0.6 is 0 Å². The van der Waals surface area contributed by atoms with E-state index in [-0.39, 0.29) is 0 Å². The van der Waals surface area contributed by atoms with Gasteiger partial charge in [0.25, 0.3) is 0 Å². The van der Waals surface area contributed by atoms with E-state index in [4.69, 9.17) is 0 Å². The summed E-state index contributed by atoms with van der Waals surface area (Å²) < 4.78 is 7.20. The molecule has 6 aromatic carbocycles. The molecule has 0 saturated heterocycles. The summed E-state index contributed by atoms with van der Waals surface area (Å²) in [6.07, 6.45) is 3.87. The third kappa shape index (κ3) is 3.39. The summed E-state index contributed by atoms with van der Waals surface area (Å²) in [5.74, 6) is 0. The van der Waals surface area contributed by atoms with Crippen molar-refractivity contribution in [3.8, 4) is 17.1 Å². The largest absolute Gasteiger partial charge is 0.309 e. The van der Waals surface area contributed by atoms with Gasteiger partial charge in [0, 0.05) is 38.5 Å². The fourth-order valence-corrected chi connectivity index (χ4v) is 7.46. The van der Waals surface area contributed by atoms with Crippen LogP contribution in [0.1, 0.15) is 0 Å². The van der Waals surface area contributed by atoms with Crippen molar-refractivity contribution in [3.63, 3.8) is 0 Å². The number of hydrogen-bond donors (Lipinski definition) is 0. The molecule has 0 aliphatic carbocycles. The van der Waals surface area contributed by atoms with E-state index in [0.717, 1.165) is 28.1 Å². The van der Waals surface area contributed by atoms with Gasteiger partial charge in [-0.3, -0.25) is 4.98 Å². The molecule has 4 aromatic heterocycles. The molecule has 0 fully saturated rings. The summed E-state index contributed by atoms with van der Waals surface area (Å²) >= 11 is 0. The third-order valence-corrected chi connectivity index (χ3v) is 9.30. The third-order valence-electron chi connectivity index (χ3n) is 9.30. The van der Waals surface area contributed by atoms with Crippen molar-refractivity contribution in [2.24, 2.45) is 0 Å². The molecular formula is C41H26N4. The number of hydrogen-bond acceptors (Lipinski definition) is 1. The number of fused-ring (bicyclic) bond motifs is 9. The van der Waals surface area contributed by atoms with Crippen LogP contribution in [0.2, 0.25) is 0 Å². The minimum atomic E-state index is 1.09. The van der Waals surface area contributed by atoms with Crippen LogP contribution in [0, 0.1) is 0 Å². The van der Waals surface area contributed by atoms with Crippen molar-refractivity contribution < 1.29 is 0 Å². The fraction of sp³-hybridized carbons (Fsp3) is 0. The standard InChI is InChI=1S/C41H26N4/c1-6-16-36-30(11-1)31-12-2-7-17-37(31)43(36)27-23-28(44-38-18-8-3-13-32(38)33-14-4-9-19-39(33)44)25-29(24-27)45-40-20-10-5-15-34(40)35-21-22-42-26-41(35)45/h1-26H. The van der Waals surface area contributed by atoms with Gasteiger partial charge in [0.15, 0.2) is 0 Å². The van der Waals surface area contributed by atoms with Crippen molar-refractivity contribution in [1.82, 2.24) is 18.7 Å². The van der Waals surface area contributed by atoms with Crippen LogP contribution in [-0.4, -0.2) is 18.7 Å². The predicted octanol–water partition coefficient (Wildman–Crippen LogP) is 10.4. The van der Waals surface area contributed by atoms with Crippen LogP contribution in [0.5, 0.6) is 0 Å². The van der Waals surface area contributed by atoms with E-state index in [0.29, 0.717) is 0 Å². The minimum Gasteiger partial charge on any atom is -0.309 e.